The molecular formula is C20H18N4O3. The highest BCUT2D eigenvalue weighted by molar-refractivity contribution is 6.06. The van der Waals surface area contributed by atoms with E-state index in [9.17, 15) is 9.59 Å². The number of anilines is 3. The maximum Gasteiger partial charge on any atom is 0.339 e. The summed E-state index contributed by atoms with van der Waals surface area (Å²) in [5, 5.41) is 2.67. The topological polar surface area (TPSA) is 84.4 Å². The predicted octanol–water partition coefficient (Wildman–Crippen LogP) is 3.28. The quantitative estimate of drug-likeness (QED) is 0.701. The molecule has 0 atom stereocenters. The second kappa shape index (κ2) is 8.09. The van der Waals surface area contributed by atoms with Crippen LogP contribution in [0.25, 0.3) is 0 Å². The van der Waals surface area contributed by atoms with E-state index in [0.29, 0.717) is 11.5 Å². The number of carbonyl (C=O) groups is 2. The standard InChI is InChI=1S/C20H18N4O3/c1-24(14-8-4-3-5-9-14)18-13-21-17(12-22-18)19(25)23-16-11-7-6-10-15(16)20(26)27-2/h3-13H,1-2H3,(H,23,25). The number of rotatable bonds is 5. The normalized spacial score (nSPS) is 10.1. The number of nitrogens with zero attached hydrogens (tertiary/aromatic N) is 3. The Morgan fingerprint density at radius 2 is 1.67 bits per heavy atom. The zero-order chi connectivity index (χ0) is 19.2. The first-order valence-electron chi connectivity index (χ1n) is 8.19. The van der Waals surface area contributed by atoms with Crippen molar-refractivity contribution in [1.29, 1.82) is 0 Å². The van der Waals surface area contributed by atoms with Crippen LogP contribution in [0.5, 0.6) is 0 Å². The van der Waals surface area contributed by atoms with E-state index in [1.54, 1.807) is 24.3 Å². The molecule has 0 saturated carbocycles. The molecule has 0 aliphatic carbocycles. The smallest absolute Gasteiger partial charge is 0.339 e. The van der Waals surface area contributed by atoms with Crippen molar-refractivity contribution in [3.8, 4) is 0 Å². The molecule has 1 N–H and O–H groups in total. The van der Waals surface area contributed by atoms with Crippen molar-refractivity contribution in [3.63, 3.8) is 0 Å². The molecule has 2 aromatic carbocycles. The van der Waals surface area contributed by atoms with Gasteiger partial charge in [0.25, 0.3) is 5.91 Å². The highest BCUT2D eigenvalue weighted by Gasteiger charge is 2.15. The van der Waals surface area contributed by atoms with E-state index in [-0.39, 0.29) is 11.3 Å². The third-order valence-electron chi connectivity index (χ3n) is 3.94. The van der Waals surface area contributed by atoms with Crippen LogP contribution in [-0.2, 0) is 4.74 Å². The minimum atomic E-state index is -0.531. The lowest BCUT2D eigenvalue weighted by Crippen LogP contribution is -2.18. The highest BCUT2D eigenvalue weighted by atomic mass is 16.5. The second-order valence-corrected chi connectivity index (χ2v) is 5.65. The lowest BCUT2D eigenvalue weighted by atomic mass is 10.1. The molecule has 136 valence electrons. The van der Waals surface area contributed by atoms with Crippen LogP contribution in [0.15, 0.2) is 67.0 Å². The van der Waals surface area contributed by atoms with Crippen molar-refractivity contribution in [3.05, 3.63) is 78.2 Å². The van der Waals surface area contributed by atoms with Gasteiger partial charge in [-0.2, -0.15) is 0 Å². The number of hydrogen-bond acceptors (Lipinski definition) is 6. The predicted molar refractivity (Wildman–Crippen MR) is 102 cm³/mol. The first kappa shape index (κ1) is 18.1. The van der Waals surface area contributed by atoms with Gasteiger partial charge >= 0.3 is 5.97 Å². The Balaban J connectivity index is 1.76. The Kier molecular flexibility index (Phi) is 5.41. The molecular weight excluding hydrogens is 344 g/mol. The van der Waals surface area contributed by atoms with Gasteiger partial charge in [-0.25, -0.2) is 14.8 Å². The summed E-state index contributed by atoms with van der Waals surface area (Å²) in [5.41, 5.74) is 1.71. The fourth-order valence-electron chi connectivity index (χ4n) is 2.46. The minimum Gasteiger partial charge on any atom is -0.465 e. The molecule has 0 unspecified atom stereocenters. The Morgan fingerprint density at radius 3 is 2.33 bits per heavy atom. The molecule has 0 saturated heterocycles. The number of aromatic nitrogens is 2. The average molecular weight is 362 g/mol. The Bertz CT molecular complexity index is 943. The number of methoxy groups -OCH3 is 1. The minimum absolute atomic E-state index is 0.139. The molecule has 3 rings (SSSR count). The molecule has 7 nitrogen and oxygen atoms in total. The first-order chi connectivity index (χ1) is 13.1. The molecule has 1 aromatic heterocycles. The van der Waals surface area contributed by atoms with Gasteiger partial charge in [0.05, 0.1) is 30.8 Å². The summed E-state index contributed by atoms with van der Waals surface area (Å²) in [6.07, 6.45) is 2.92. The molecule has 0 radical (unpaired) electrons. The summed E-state index contributed by atoms with van der Waals surface area (Å²) in [5.74, 6) is -0.391. The van der Waals surface area contributed by atoms with Crippen LogP contribution in [0.1, 0.15) is 20.8 Å². The van der Waals surface area contributed by atoms with E-state index >= 15 is 0 Å². The number of nitrogens with one attached hydrogen (secondary N) is 1. The van der Waals surface area contributed by atoms with Crippen LogP contribution in [0, 0.1) is 0 Å². The van der Waals surface area contributed by atoms with Gasteiger partial charge in [-0.1, -0.05) is 30.3 Å². The van der Waals surface area contributed by atoms with Gasteiger partial charge in [0.2, 0.25) is 0 Å². The van der Waals surface area contributed by atoms with E-state index in [0.717, 1.165) is 5.69 Å². The summed E-state index contributed by atoms with van der Waals surface area (Å²) >= 11 is 0. The molecule has 3 aromatic rings. The van der Waals surface area contributed by atoms with Crippen molar-refractivity contribution in [2.75, 3.05) is 24.4 Å². The van der Waals surface area contributed by atoms with Crippen LogP contribution in [0.2, 0.25) is 0 Å². The van der Waals surface area contributed by atoms with Crippen molar-refractivity contribution >= 4 is 29.1 Å². The Labute approximate surface area is 156 Å². The number of amides is 1. The zero-order valence-electron chi connectivity index (χ0n) is 14.9. The molecule has 1 heterocycles. The molecule has 0 aliphatic heterocycles. The van der Waals surface area contributed by atoms with Gasteiger partial charge in [-0.05, 0) is 24.3 Å². The SMILES string of the molecule is COC(=O)c1ccccc1NC(=O)c1cnc(N(C)c2ccccc2)cn1. The average Bonchev–Trinajstić information content (AvgIpc) is 2.73. The van der Waals surface area contributed by atoms with Gasteiger partial charge in [0, 0.05) is 12.7 Å². The van der Waals surface area contributed by atoms with Crippen LogP contribution < -0.4 is 10.2 Å². The van der Waals surface area contributed by atoms with Crippen LogP contribution in [0.3, 0.4) is 0 Å². The molecule has 0 spiro atoms. The zero-order valence-corrected chi connectivity index (χ0v) is 14.9. The van der Waals surface area contributed by atoms with E-state index < -0.39 is 11.9 Å². The maximum atomic E-state index is 12.4. The summed E-state index contributed by atoms with van der Waals surface area (Å²) in [4.78, 5) is 34.6. The lowest BCUT2D eigenvalue weighted by molar-refractivity contribution is 0.0602. The Morgan fingerprint density at radius 1 is 0.963 bits per heavy atom. The van der Waals surface area contributed by atoms with E-state index in [1.165, 1.54) is 19.5 Å². The molecule has 0 aliphatic rings. The van der Waals surface area contributed by atoms with Crippen molar-refractivity contribution < 1.29 is 14.3 Å². The largest absolute Gasteiger partial charge is 0.465 e. The van der Waals surface area contributed by atoms with Gasteiger partial charge < -0.3 is 15.0 Å². The molecule has 27 heavy (non-hydrogen) atoms. The van der Waals surface area contributed by atoms with E-state index in [1.807, 2.05) is 42.3 Å². The van der Waals surface area contributed by atoms with Gasteiger partial charge in [-0.15, -0.1) is 0 Å². The summed E-state index contributed by atoms with van der Waals surface area (Å²) in [7, 11) is 3.15. The van der Waals surface area contributed by atoms with E-state index in [2.05, 4.69) is 15.3 Å². The van der Waals surface area contributed by atoms with Crippen LogP contribution in [-0.4, -0.2) is 36.0 Å². The summed E-state index contributed by atoms with van der Waals surface area (Å²) in [6, 6.07) is 16.3. The lowest BCUT2D eigenvalue weighted by Gasteiger charge is -2.17. The fourth-order valence-corrected chi connectivity index (χ4v) is 2.46. The fraction of sp³-hybridized carbons (Fsp3) is 0.100. The summed E-state index contributed by atoms with van der Waals surface area (Å²) in [6.45, 7) is 0. The second-order valence-electron chi connectivity index (χ2n) is 5.65. The van der Waals surface area contributed by atoms with Crippen molar-refractivity contribution in [1.82, 2.24) is 9.97 Å². The van der Waals surface area contributed by atoms with Gasteiger partial charge in [-0.3, -0.25) is 4.79 Å². The monoisotopic (exact) mass is 362 g/mol. The molecule has 7 heteroatoms. The molecule has 1 amide bonds. The number of esters is 1. The van der Waals surface area contributed by atoms with Crippen LogP contribution >= 0.6 is 0 Å². The molecule has 0 fully saturated rings. The number of hydrogen-bond donors (Lipinski definition) is 1. The Hall–Kier alpha value is -3.74. The number of para-hydroxylation sites is 2. The number of carbonyl (C=O) groups excluding carboxylic acids is 2. The van der Waals surface area contributed by atoms with E-state index in [4.69, 9.17) is 4.74 Å². The van der Waals surface area contributed by atoms with Crippen molar-refractivity contribution in [2.24, 2.45) is 0 Å². The molecule has 0 bridgehead atoms. The highest BCUT2D eigenvalue weighted by Crippen LogP contribution is 2.20. The third kappa shape index (κ3) is 4.09. The van der Waals surface area contributed by atoms with Gasteiger partial charge in [0.15, 0.2) is 5.82 Å². The van der Waals surface area contributed by atoms with Crippen molar-refractivity contribution in [2.45, 2.75) is 0 Å². The first-order valence-corrected chi connectivity index (χ1v) is 8.19. The summed E-state index contributed by atoms with van der Waals surface area (Å²) < 4.78 is 4.72. The third-order valence-corrected chi connectivity index (χ3v) is 3.94. The maximum absolute atomic E-state index is 12.4. The number of ether oxygens (including phenoxy) is 1. The number of benzene rings is 2. The van der Waals surface area contributed by atoms with Gasteiger partial charge in [0.1, 0.15) is 5.69 Å². The van der Waals surface area contributed by atoms with Crippen LogP contribution in [0.4, 0.5) is 17.2 Å².